The van der Waals surface area contributed by atoms with Crippen molar-refractivity contribution in [2.45, 2.75) is 115 Å². The van der Waals surface area contributed by atoms with E-state index in [4.69, 9.17) is 23.7 Å². The van der Waals surface area contributed by atoms with Crippen LogP contribution in [0.4, 0.5) is 0 Å². The number of epoxide rings is 1. The number of carbonyl (C=O) groups is 2. The van der Waals surface area contributed by atoms with Crippen molar-refractivity contribution in [2.75, 3.05) is 6.61 Å². The largest absolute Gasteiger partial charge is 0.462 e. The molecule has 1 saturated carbocycles. The maximum atomic E-state index is 12.6. The standard InChI is InChI=1S/C26H40O7/c1-7-8-20(28)32-23-13(2)9-16-14(3)12-29-26(6)19(30-15(4)27)10-18-25(5,33-18)11-17-22(23)21(16)24(26)31-17/h13-14,16-19,21-24H,7-12H2,1-6H3/t13-,14+,16+,17-,18-,19-,21+,22+,23-,24+,25-,26+/m1/s1. The van der Waals surface area contributed by atoms with Gasteiger partial charge in [-0.25, -0.2) is 0 Å². The molecule has 12 atom stereocenters. The molecule has 33 heavy (non-hydrogen) atoms. The van der Waals surface area contributed by atoms with Crippen LogP contribution in [0.25, 0.3) is 0 Å². The minimum atomic E-state index is -0.776. The number of rotatable bonds is 4. The fourth-order valence-electron chi connectivity index (χ4n) is 7.54. The van der Waals surface area contributed by atoms with Crippen LogP contribution in [0.2, 0.25) is 0 Å². The Balaban J connectivity index is 1.58. The first-order chi connectivity index (χ1) is 15.6. The van der Waals surface area contributed by atoms with Crippen LogP contribution >= 0.6 is 0 Å². The van der Waals surface area contributed by atoms with Gasteiger partial charge in [0.25, 0.3) is 0 Å². The molecule has 186 valence electrons. The van der Waals surface area contributed by atoms with Crippen LogP contribution in [-0.2, 0) is 33.3 Å². The zero-order chi connectivity index (χ0) is 23.7. The Morgan fingerprint density at radius 2 is 1.82 bits per heavy atom. The number of esters is 2. The first-order valence-corrected chi connectivity index (χ1v) is 12.9. The lowest BCUT2D eigenvalue weighted by Crippen LogP contribution is -2.57. The van der Waals surface area contributed by atoms with E-state index in [0.29, 0.717) is 31.3 Å². The maximum Gasteiger partial charge on any atom is 0.306 e. The van der Waals surface area contributed by atoms with Gasteiger partial charge in [0.05, 0.1) is 30.5 Å². The zero-order valence-corrected chi connectivity index (χ0v) is 20.9. The molecular weight excluding hydrogens is 424 g/mol. The van der Waals surface area contributed by atoms with Gasteiger partial charge in [-0.3, -0.25) is 9.59 Å². The molecule has 4 aliphatic heterocycles. The Labute approximate surface area is 197 Å². The molecule has 4 heterocycles. The Morgan fingerprint density at radius 3 is 2.52 bits per heavy atom. The van der Waals surface area contributed by atoms with E-state index in [1.807, 2.05) is 6.92 Å². The fourth-order valence-corrected chi connectivity index (χ4v) is 7.54. The third-order valence-corrected chi connectivity index (χ3v) is 9.32. The molecule has 0 amide bonds. The van der Waals surface area contributed by atoms with Crippen LogP contribution in [0, 0.1) is 29.6 Å². The molecule has 7 heteroatoms. The van der Waals surface area contributed by atoms with E-state index in [1.54, 1.807) is 0 Å². The van der Waals surface area contributed by atoms with E-state index < -0.39 is 11.7 Å². The van der Waals surface area contributed by atoms with Crippen molar-refractivity contribution in [3.8, 4) is 0 Å². The third kappa shape index (κ3) is 3.82. The second kappa shape index (κ2) is 8.20. The molecule has 4 saturated heterocycles. The van der Waals surface area contributed by atoms with Gasteiger partial charge in [-0.2, -0.15) is 0 Å². The Bertz CT molecular complexity index is 800. The van der Waals surface area contributed by atoms with Crippen molar-refractivity contribution in [2.24, 2.45) is 29.6 Å². The predicted molar refractivity (Wildman–Crippen MR) is 119 cm³/mol. The summed E-state index contributed by atoms with van der Waals surface area (Å²) >= 11 is 0. The van der Waals surface area contributed by atoms with Gasteiger partial charge in [0, 0.05) is 38.0 Å². The zero-order valence-electron chi connectivity index (χ0n) is 20.9. The molecule has 2 bridgehead atoms. The number of fused-ring (bicyclic) bond motifs is 3. The van der Waals surface area contributed by atoms with Gasteiger partial charge in [-0.1, -0.05) is 20.8 Å². The summed E-state index contributed by atoms with van der Waals surface area (Å²) in [6.07, 6.45) is 2.65. The Morgan fingerprint density at radius 1 is 1.06 bits per heavy atom. The molecule has 0 aromatic heterocycles. The molecule has 0 unspecified atom stereocenters. The van der Waals surface area contributed by atoms with Crippen molar-refractivity contribution >= 4 is 11.9 Å². The lowest BCUT2D eigenvalue weighted by atomic mass is 9.59. The average molecular weight is 465 g/mol. The quantitative estimate of drug-likeness (QED) is 0.464. The van der Waals surface area contributed by atoms with Crippen molar-refractivity contribution in [3.63, 3.8) is 0 Å². The summed E-state index contributed by atoms with van der Waals surface area (Å²) in [4.78, 5) is 24.7. The monoisotopic (exact) mass is 464 g/mol. The van der Waals surface area contributed by atoms with Crippen molar-refractivity contribution in [1.29, 1.82) is 0 Å². The second-order valence-corrected chi connectivity index (χ2v) is 11.8. The molecular formula is C26H40O7. The Hall–Kier alpha value is -1.18. The fraction of sp³-hybridized carbons (Fsp3) is 0.923. The van der Waals surface area contributed by atoms with Crippen molar-refractivity contribution in [1.82, 2.24) is 0 Å². The minimum absolute atomic E-state index is 0.00209. The lowest BCUT2D eigenvalue weighted by Gasteiger charge is -2.47. The SMILES string of the molecule is CCCC(=O)O[C@H]1[C@@H]2[C@@H]3[C@@H](C[C@H]1C)[C@@H](C)CO[C@@]1(C)[C@H](OC(C)=O)C[C@H]4O[C@]4(C)C[C@H]2O[C@@H]31. The van der Waals surface area contributed by atoms with Crippen molar-refractivity contribution in [3.05, 3.63) is 0 Å². The predicted octanol–water partition coefficient (Wildman–Crippen LogP) is 3.66. The van der Waals surface area contributed by atoms with Gasteiger partial charge >= 0.3 is 11.9 Å². The highest BCUT2D eigenvalue weighted by Gasteiger charge is 2.69. The van der Waals surface area contributed by atoms with E-state index in [9.17, 15) is 9.59 Å². The van der Waals surface area contributed by atoms with E-state index >= 15 is 0 Å². The van der Waals surface area contributed by atoms with Gasteiger partial charge in [0.2, 0.25) is 0 Å². The highest BCUT2D eigenvalue weighted by atomic mass is 16.6. The first-order valence-electron chi connectivity index (χ1n) is 12.9. The van der Waals surface area contributed by atoms with Gasteiger partial charge in [-0.05, 0) is 44.4 Å². The topological polar surface area (TPSA) is 83.6 Å². The van der Waals surface area contributed by atoms with Gasteiger partial charge in [0.15, 0.2) is 0 Å². The molecule has 5 fully saturated rings. The van der Waals surface area contributed by atoms with E-state index in [2.05, 4.69) is 27.7 Å². The normalized spacial score (nSPS) is 52.4. The summed E-state index contributed by atoms with van der Waals surface area (Å²) in [6.45, 7) is 12.7. The van der Waals surface area contributed by atoms with Gasteiger partial charge < -0.3 is 23.7 Å². The number of carbonyl (C=O) groups excluding carboxylic acids is 2. The number of hydrogen-bond donors (Lipinski definition) is 0. The molecule has 0 N–H and O–H groups in total. The summed E-state index contributed by atoms with van der Waals surface area (Å²) < 4.78 is 31.8. The highest BCUT2D eigenvalue weighted by Crippen LogP contribution is 2.60. The van der Waals surface area contributed by atoms with Crippen molar-refractivity contribution < 1.29 is 33.3 Å². The van der Waals surface area contributed by atoms with Gasteiger partial charge in [-0.15, -0.1) is 0 Å². The van der Waals surface area contributed by atoms with E-state index in [1.165, 1.54) is 6.92 Å². The number of hydrogen-bond acceptors (Lipinski definition) is 7. The second-order valence-electron chi connectivity index (χ2n) is 11.8. The van der Waals surface area contributed by atoms with Crippen LogP contribution in [0.3, 0.4) is 0 Å². The summed E-state index contributed by atoms with van der Waals surface area (Å²) in [5, 5.41) is 0. The molecule has 5 aliphatic rings. The molecule has 0 aromatic carbocycles. The molecule has 0 radical (unpaired) electrons. The number of ether oxygens (including phenoxy) is 5. The van der Waals surface area contributed by atoms with E-state index in [-0.39, 0.29) is 59.7 Å². The highest BCUT2D eigenvalue weighted by molar-refractivity contribution is 5.69. The van der Waals surface area contributed by atoms with Crippen LogP contribution in [0.1, 0.15) is 73.6 Å². The summed E-state index contributed by atoms with van der Waals surface area (Å²) in [7, 11) is 0. The Kier molecular flexibility index (Phi) is 5.85. The summed E-state index contributed by atoms with van der Waals surface area (Å²) in [5.41, 5.74) is -1.09. The molecule has 1 aliphatic carbocycles. The van der Waals surface area contributed by atoms with E-state index in [0.717, 1.165) is 19.3 Å². The summed E-state index contributed by atoms with van der Waals surface area (Å²) in [5.74, 6) is 0.853. The van der Waals surface area contributed by atoms with Crippen LogP contribution in [-0.4, -0.2) is 60.3 Å². The van der Waals surface area contributed by atoms with Crippen LogP contribution in [0.15, 0.2) is 0 Å². The molecule has 0 aromatic rings. The lowest BCUT2D eigenvalue weighted by molar-refractivity contribution is -0.203. The molecule has 7 nitrogen and oxygen atoms in total. The average Bonchev–Trinajstić information content (AvgIpc) is 3.22. The van der Waals surface area contributed by atoms with Gasteiger partial charge in [0.1, 0.15) is 17.8 Å². The van der Waals surface area contributed by atoms with Crippen LogP contribution < -0.4 is 0 Å². The summed E-state index contributed by atoms with van der Waals surface area (Å²) in [6, 6.07) is 0. The third-order valence-electron chi connectivity index (χ3n) is 9.32. The minimum Gasteiger partial charge on any atom is -0.462 e. The smallest absolute Gasteiger partial charge is 0.306 e. The first kappa shape index (κ1) is 23.6. The molecule has 0 spiro atoms. The maximum absolute atomic E-state index is 12.6. The molecule has 5 rings (SSSR count). The van der Waals surface area contributed by atoms with Crippen LogP contribution in [0.5, 0.6) is 0 Å².